The highest BCUT2D eigenvalue weighted by atomic mass is 16.6. The highest BCUT2D eigenvalue weighted by molar-refractivity contribution is 5.69. The lowest BCUT2D eigenvalue weighted by atomic mass is 9.76. The van der Waals surface area contributed by atoms with Crippen molar-refractivity contribution in [2.45, 2.75) is 90.3 Å². The summed E-state index contributed by atoms with van der Waals surface area (Å²) in [6, 6.07) is 0.565. The van der Waals surface area contributed by atoms with Gasteiger partial charge in [0.1, 0.15) is 5.60 Å². The maximum Gasteiger partial charge on any atom is 0.408 e. The van der Waals surface area contributed by atoms with Gasteiger partial charge in [0.05, 0.1) is 5.54 Å². The van der Waals surface area contributed by atoms with Gasteiger partial charge in [0.2, 0.25) is 0 Å². The molecule has 4 nitrogen and oxygen atoms in total. The Hall–Kier alpha value is -0.770. The maximum atomic E-state index is 12.0. The van der Waals surface area contributed by atoms with Crippen LogP contribution in [0.3, 0.4) is 0 Å². The minimum atomic E-state index is -0.435. The zero-order chi connectivity index (χ0) is 15.7. The number of amides is 1. The molecule has 0 heterocycles. The van der Waals surface area contributed by atoms with Gasteiger partial charge in [-0.2, -0.15) is 0 Å². The second kappa shape index (κ2) is 5.79. The minimum absolute atomic E-state index is 0.0962. The molecule has 2 N–H and O–H groups in total. The predicted molar refractivity (Wildman–Crippen MR) is 85.4 cm³/mol. The summed E-state index contributed by atoms with van der Waals surface area (Å²) in [5.41, 5.74) is -0.159. The molecule has 1 amide bonds. The summed E-state index contributed by atoms with van der Waals surface area (Å²) in [5, 5.41) is 6.83. The highest BCUT2D eigenvalue weighted by Crippen LogP contribution is 2.38. The van der Waals surface area contributed by atoms with Crippen LogP contribution in [0, 0.1) is 5.41 Å². The fraction of sp³-hybridized carbons (Fsp3) is 0.941. The zero-order valence-corrected chi connectivity index (χ0v) is 14.3. The first-order valence-electron chi connectivity index (χ1n) is 8.37. The van der Waals surface area contributed by atoms with Crippen molar-refractivity contribution in [1.29, 1.82) is 0 Å². The van der Waals surface area contributed by atoms with E-state index < -0.39 is 5.60 Å². The van der Waals surface area contributed by atoms with E-state index in [1.807, 2.05) is 20.8 Å². The van der Waals surface area contributed by atoms with Crippen molar-refractivity contribution in [2.75, 3.05) is 6.54 Å². The van der Waals surface area contributed by atoms with Gasteiger partial charge in [0, 0.05) is 12.6 Å². The second-order valence-corrected chi connectivity index (χ2v) is 8.58. The number of ether oxygens (including phenoxy) is 1. The third-order valence-electron chi connectivity index (χ3n) is 5.02. The number of hydrogen-bond donors (Lipinski definition) is 2. The number of rotatable bonds is 4. The van der Waals surface area contributed by atoms with E-state index in [0.29, 0.717) is 11.5 Å². The molecule has 2 aliphatic rings. The molecular weight excluding hydrogens is 264 g/mol. The smallest absolute Gasteiger partial charge is 0.408 e. The van der Waals surface area contributed by atoms with E-state index in [1.165, 1.54) is 25.7 Å². The van der Waals surface area contributed by atoms with E-state index in [4.69, 9.17) is 4.74 Å². The van der Waals surface area contributed by atoms with Gasteiger partial charge in [-0.05, 0) is 58.3 Å². The van der Waals surface area contributed by atoms with Gasteiger partial charge in [-0.15, -0.1) is 0 Å². The quantitative estimate of drug-likeness (QED) is 0.833. The van der Waals surface area contributed by atoms with Crippen LogP contribution in [0.5, 0.6) is 0 Å². The van der Waals surface area contributed by atoms with Gasteiger partial charge in [-0.3, -0.25) is 0 Å². The van der Waals surface area contributed by atoms with E-state index in [2.05, 4.69) is 24.5 Å². The summed E-state index contributed by atoms with van der Waals surface area (Å²) in [4.78, 5) is 12.0. The van der Waals surface area contributed by atoms with E-state index in [9.17, 15) is 4.79 Å². The average molecular weight is 296 g/mol. The molecule has 2 rings (SSSR count). The number of carbonyl (C=O) groups excluding carboxylic acids is 1. The summed E-state index contributed by atoms with van der Waals surface area (Å²) in [7, 11) is 0. The van der Waals surface area contributed by atoms with Crippen molar-refractivity contribution in [1.82, 2.24) is 10.6 Å². The van der Waals surface area contributed by atoms with Crippen molar-refractivity contribution in [2.24, 2.45) is 5.41 Å². The van der Waals surface area contributed by atoms with Gasteiger partial charge >= 0.3 is 6.09 Å². The minimum Gasteiger partial charge on any atom is -0.444 e. The molecule has 2 saturated carbocycles. The summed E-state index contributed by atoms with van der Waals surface area (Å²) >= 11 is 0. The first-order valence-corrected chi connectivity index (χ1v) is 8.37. The van der Waals surface area contributed by atoms with Gasteiger partial charge in [0.15, 0.2) is 0 Å². The number of carbonyl (C=O) groups is 1. The molecule has 21 heavy (non-hydrogen) atoms. The Bertz CT molecular complexity index is 381. The zero-order valence-electron chi connectivity index (χ0n) is 14.3. The van der Waals surface area contributed by atoms with Crippen LogP contribution in [0.4, 0.5) is 4.79 Å². The van der Waals surface area contributed by atoms with Crippen LogP contribution in [0.25, 0.3) is 0 Å². The molecule has 0 spiro atoms. The van der Waals surface area contributed by atoms with Crippen LogP contribution >= 0.6 is 0 Å². The van der Waals surface area contributed by atoms with Crippen molar-refractivity contribution in [3.8, 4) is 0 Å². The molecule has 1 unspecified atom stereocenters. The monoisotopic (exact) mass is 296 g/mol. The van der Waals surface area contributed by atoms with Gasteiger partial charge in [-0.25, -0.2) is 4.79 Å². The third-order valence-corrected chi connectivity index (χ3v) is 5.02. The fourth-order valence-electron chi connectivity index (χ4n) is 3.49. The molecule has 4 heteroatoms. The van der Waals surface area contributed by atoms with Crippen LogP contribution in [0.15, 0.2) is 0 Å². The summed E-state index contributed by atoms with van der Waals surface area (Å²) in [6.07, 6.45) is 6.84. The van der Waals surface area contributed by atoms with E-state index >= 15 is 0 Å². The Kier molecular flexibility index (Phi) is 4.57. The van der Waals surface area contributed by atoms with Crippen molar-refractivity contribution in [3.05, 3.63) is 0 Å². The molecule has 0 bridgehead atoms. The molecule has 0 aliphatic heterocycles. The third kappa shape index (κ3) is 4.35. The Labute approximate surface area is 129 Å². The van der Waals surface area contributed by atoms with Crippen molar-refractivity contribution < 1.29 is 9.53 Å². The topological polar surface area (TPSA) is 50.4 Å². The molecule has 0 aromatic rings. The highest BCUT2D eigenvalue weighted by Gasteiger charge is 2.42. The lowest BCUT2D eigenvalue weighted by Crippen LogP contribution is -2.61. The van der Waals surface area contributed by atoms with Crippen LogP contribution in [0.2, 0.25) is 0 Å². The number of nitrogens with one attached hydrogen (secondary N) is 2. The first-order chi connectivity index (χ1) is 9.62. The van der Waals surface area contributed by atoms with Crippen LogP contribution < -0.4 is 10.6 Å². The Morgan fingerprint density at radius 3 is 2.29 bits per heavy atom. The first kappa shape index (κ1) is 16.6. The summed E-state index contributed by atoms with van der Waals surface area (Å²) in [6.45, 7) is 11.2. The average Bonchev–Trinajstić information content (AvgIpc) is 2.59. The molecule has 0 aromatic heterocycles. The lowest BCUT2D eigenvalue weighted by Gasteiger charge is -2.44. The van der Waals surface area contributed by atoms with Crippen LogP contribution in [-0.4, -0.2) is 29.8 Å². The molecule has 1 atom stereocenters. The van der Waals surface area contributed by atoms with E-state index in [0.717, 1.165) is 19.4 Å². The SMILES string of the molecule is CC(C)(C)OC(=O)NC1(CNC2CCCC2(C)C)CCC1. The second-order valence-electron chi connectivity index (χ2n) is 8.58. The lowest BCUT2D eigenvalue weighted by molar-refractivity contribution is 0.0374. The Morgan fingerprint density at radius 1 is 1.19 bits per heavy atom. The van der Waals surface area contributed by atoms with E-state index in [1.54, 1.807) is 0 Å². The fourth-order valence-corrected chi connectivity index (χ4v) is 3.49. The van der Waals surface area contributed by atoms with Crippen molar-refractivity contribution in [3.63, 3.8) is 0 Å². The van der Waals surface area contributed by atoms with Crippen LogP contribution in [0.1, 0.15) is 73.1 Å². The Balaban J connectivity index is 1.85. The van der Waals surface area contributed by atoms with E-state index in [-0.39, 0.29) is 11.6 Å². The molecule has 122 valence electrons. The van der Waals surface area contributed by atoms with Crippen molar-refractivity contribution >= 4 is 6.09 Å². The summed E-state index contributed by atoms with van der Waals surface area (Å²) in [5.74, 6) is 0. The molecule has 0 aromatic carbocycles. The predicted octanol–water partition coefficient (Wildman–Crippen LogP) is 3.60. The van der Waals surface area contributed by atoms with Gasteiger partial charge in [-0.1, -0.05) is 20.3 Å². The Morgan fingerprint density at radius 2 is 1.86 bits per heavy atom. The number of hydrogen-bond acceptors (Lipinski definition) is 3. The van der Waals surface area contributed by atoms with Gasteiger partial charge < -0.3 is 15.4 Å². The molecule has 0 saturated heterocycles. The molecule has 0 radical (unpaired) electrons. The summed E-state index contributed by atoms with van der Waals surface area (Å²) < 4.78 is 5.40. The molecule has 2 fully saturated rings. The largest absolute Gasteiger partial charge is 0.444 e. The molecular formula is C17H32N2O2. The standard InChI is InChI=1S/C17H32N2O2/c1-15(2,3)21-14(20)19-17(10-7-11-17)12-18-13-8-6-9-16(13,4)5/h13,18H,6-12H2,1-5H3,(H,19,20). The van der Waals surface area contributed by atoms with Crippen LogP contribution in [-0.2, 0) is 4.74 Å². The normalized spacial score (nSPS) is 27.0. The number of alkyl carbamates (subject to hydrolysis) is 1. The molecule has 2 aliphatic carbocycles. The maximum absolute atomic E-state index is 12.0. The van der Waals surface area contributed by atoms with Gasteiger partial charge in [0.25, 0.3) is 0 Å².